The second kappa shape index (κ2) is 5.22. The largest absolute Gasteiger partial charge is 0.496 e. The SMILES string of the molecule is CO.COc1ccc(N)c2ccccc12. The Hall–Kier alpha value is -1.74. The molecule has 3 nitrogen and oxygen atoms in total. The van der Waals surface area contributed by atoms with E-state index in [9.17, 15) is 0 Å². The predicted octanol–water partition coefficient (Wildman–Crippen LogP) is 2.04. The molecule has 0 saturated carbocycles. The van der Waals surface area contributed by atoms with E-state index in [1.54, 1.807) is 7.11 Å². The van der Waals surface area contributed by atoms with Crippen LogP contribution in [0.15, 0.2) is 36.4 Å². The van der Waals surface area contributed by atoms with E-state index in [1.807, 2.05) is 36.4 Å². The number of ether oxygens (including phenoxy) is 1. The number of aliphatic hydroxyl groups excluding tert-OH is 1. The van der Waals surface area contributed by atoms with Crippen molar-refractivity contribution in [2.75, 3.05) is 20.0 Å². The number of anilines is 1. The highest BCUT2D eigenvalue weighted by molar-refractivity contribution is 5.96. The first-order valence-electron chi connectivity index (χ1n) is 4.59. The summed E-state index contributed by atoms with van der Waals surface area (Å²) in [5.41, 5.74) is 6.61. The molecule has 0 fully saturated rings. The minimum Gasteiger partial charge on any atom is -0.496 e. The number of methoxy groups -OCH3 is 1. The summed E-state index contributed by atoms with van der Waals surface area (Å²) in [6.45, 7) is 0. The molecule has 0 saturated heterocycles. The number of hydrogen-bond acceptors (Lipinski definition) is 3. The molecule has 0 aliphatic carbocycles. The lowest BCUT2D eigenvalue weighted by Crippen LogP contribution is -1.89. The molecule has 2 rings (SSSR count). The molecule has 15 heavy (non-hydrogen) atoms. The molecule has 0 aromatic heterocycles. The van der Waals surface area contributed by atoms with Crippen LogP contribution >= 0.6 is 0 Å². The van der Waals surface area contributed by atoms with Crippen molar-refractivity contribution in [3.05, 3.63) is 36.4 Å². The number of hydrogen-bond donors (Lipinski definition) is 2. The van der Waals surface area contributed by atoms with Crippen LogP contribution in [0.1, 0.15) is 0 Å². The summed E-state index contributed by atoms with van der Waals surface area (Å²) in [5, 5.41) is 9.10. The van der Waals surface area contributed by atoms with Gasteiger partial charge in [-0.1, -0.05) is 24.3 Å². The van der Waals surface area contributed by atoms with E-state index in [1.165, 1.54) is 0 Å². The first-order valence-corrected chi connectivity index (χ1v) is 4.59. The van der Waals surface area contributed by atoms with Gasteiger partial charge in [0.25, 0.3) is 0 Å². The van der Waals surface area contributed by atoms with E-state index in [2.05, 4.69) is 0 Å². The highest BCUT2D eigenvalue weighted by Gasteiger charge is 2.01. The Labute approximate surface area is 89.1 Å². The number of aliphatic hydroxyl groups is 1. The van der Waals surface area contributed by atoms with Crippen LogP contribution in [-0.4, -0.2) is 19.3 Å². The Bertz CT molecular complexity index is 441. The Kier molecular flexibility index (Phi) is 3.94. The number of benzene rings is 2. The molecule has 0 atom stereocenters. The zero-order valence-electron chi connectivity index (χ0n) is 8.90. The lowest BCUT2D eigenvalue weighted by atomic mass is 10.1. The molecule has 3 heteroatoms. The van der Waals surface area contributed by atoms with Gasteiger partial charge in [-0.05, 0) is 12.1 Å². The molecule has 0 aliphatic heterocycles. The topological polar surface area (TPSA) is 55.5 Å². The molecular weight excluding hydrogens is 190 g/mol. The number of nitrogens with two attached hydrogens (primary N) is 1. The predicted molar refractivity (Wildman–Crippen MR) is 63.1 cm³/mol. The van der Waals surface area contributed by atoms with Gasteiger partial charge in [0.2, 0.25) is 0 Å². The fourth-order valence-corrected chi connectivity index (χ4v) is 1.47. The van der Waals surface area contributed by atoms with Crippen molar-refractivity contribution in [1.29, 1.82) is 0 Å². The van der Waals surface area contributed by atoms with Crippen LogP contribution in [0.5, 0.6) is 5.75 Å². The van der Waals surface area contributed by atoms with Gasteiger partial charge in [0.1, 0.15) is 5.75 Å². The molecule has 0 amide bonds. The van der Waals surface area contributed by atoms with E-state index in [0.717, 1.165) is 29.3 Å². The Morgan fingerprint density at radius 3 is 2.20 bits per heavy atom. The first kappa shape index (κ1) is 11.3. The molecule has 3 N–H and O–H groups in total. The summed E-state index contributed by atoms with van der Waals surface area (Å²) in [5.74, 6) is 0.866. The van der Waals surface area contributed by atoms with E-state index in [4.69, 9.17) is 15.6 Å². The Morgan fingerprint density at radius 2 is 1.60 bits per heavy atom. The van der Waals surface area contributed by atoms with Crippen LogP contribution in [0.4, 0.5) is 5.69 Å². The van der Waals surface area contributed by atoms with Crippen molar-refractivity contribution in [2.45, 2.75) is 0 Å². The van der Waals surface area contributed by atoms with Gasteiger partial charge in [0.15, 0.2) is 0 Å². The highest BCUT2D eigenvalue weighted by Crippen LogP contribution is 2.29. The molecule has 0 unspecified atom stereocenters. The normalized spacial score (nSPS) is 9.27. The van der Waals surface area contributed by atoms with Gasteiger partial charge < -0.3 is 15.6 Å². The molecule has 2 aromatic carbocycles. The van der Waals surface area contributed by atoms with E-state index in [0.29, 0.717) is 0 Å². The summed E-state index contributed by atoms with van der Waals surface area (Å²) in [6, 6.07) is 11.7. The summed E-state index contributed by atoms with van der Waals surface area (Å²) in [4.78, 5) is 0. The van der Waals surface area contributed by atoms with Gasteiger partial charge in [-0.25, -0.2) is 0 Å². The van der Waals surface area contributed by atoms with Crippen molar-refractivity contribution in [3.63, 3.8) is 0 Å². The molecule has 2 aromatic rings. The first-order chi connectivity index (χ1) is 7.33. The Balaban J connectivity index is 0.000000531. The van der Waals surface area contributed by atoms with Gasteiger partial charge in [0, 0.05) is 23.6 Å². The molecule has 0 spiro atoms. The Morgan fingerprint density at radius 1 is 1.00 bits per heavy atom. The van der Waals surface area contributed by atoms with Gasteiger partial charge in [-0.3, -0.25) is 0 Å². The van der Waals surface area contributed by atoms with Gasteiger partial charge in [-0.2, -0.15) is 0 Å². The van der Waals surface area contributed by atoms with Crippen molar-refractivity contribution in [2.24, 2.45) is 0 Å². The minimum absolute atomic E-state index is 0.788. The monoisotopic (exact) mass is 205 g/mol. The van der Waals surface area contributed by atoms with E-state index >= 15 is 0 Å². The summed E-state index contributed by atoms with van der Waals surface area (Å²) >= 11 is 0. The molecule has 80 valence electrons. The van der Waals surface area contributed by atoms with Gasteiger partial charge >= 0.3 is 0 Å². The fourth-order valence-electron chi connectivity index (χ4n) is 1.47. The number of rotatable bonds is 1. The standard InChI is InChI=1S/C11H11NO.CH4O/c1-13-11-7-6-10(12)8-4-2-3-5-9(8)11;1-2/h2-7H,12H2,1H3;2H,1H3. The van der Waals surface area contributed by atoms with Crippen molar-refractivity contribution < 1.29 is 9.84 Å². The highest BCUT2D eigenvalue weighted by atomic mass is 16.5. The summed E-state index contributed by atoms with van der Waals surface area (Å²) in [6.07, 6.45) is 0. The molecule has 0 aliphatic rings. The van der Waals surface area contributed by atoms with Crippen LogP contribution in [0.2, 0.25) is 0 Å². The molecular formula is C12H15NO2. The fraction of sp³-hybridized carbons (Fsp3) is 0.167. The third-order valence-corrected chi connectivity index (χ3v) is 2.14. The van der Waals surface area contributed by atoms with Crippen LogP contribution in [0, 0.1) is 0 Å². The molecule has 0 radical (unpaired) electrons. The summed E-state index contributed by atoms with van der Waals surface area (Å²) in [7, 11) is 2.66. The van der Waals surface area contributed by atoms with Gasteiger partial charge in [-0.15, -0.1) is 0 Å². The molecule has 0 heterocycles. The van der Waals surface area contributed by atoms with Gasteiger partial charge in [0.05, 0.1) is 7.11 Å². The van der Waals surface area contributed by atoms with Crippen LogP contribution in [0.25, 0.3) is 10.8 Å². The van der Waals surface area contributed by atoms with Crippen LogP contribution < -0.4 is 10.5 Å². The maximum atomic E-state index is 7.00. The third-order valence-electron chi connectivity index (χ3n) is 2.14. The zero-order chi connectivity index (χ0) is 11.3. The van der Waals surface area contributed by atoms with Crippen molar-refractivity contribution in [1.82, 2.24) is 0 Å². The summed E-state index contributed by atoms with van der Waals surface area (Å²) < 4.78 is 5.23. The average molecular weight is 205 g/mol. The second-order valence-corrected chi connectivity index (χ2v) is 2.90. The van der Waals surface area contributed by atoms with Crippen LogP contribution in [0.3, 0.4) is 0 Å². The minimum atomic E-state index is 0.788. The van der Waals surface area contributed by atoms with Crippen molar-refractivity contribution >= 4 is 16.5 Å². The third kappa shape index (κ3) is 2.19. The quantitative estimate of drug-likeness (QED) is 0.700. The number of nitrogen functional groups attached to an aromatic ring is 1. The van der Waals surface area contributed by atoms with E-state index in [-0.39, 0.29) is 0 Å². The average Bonchev–Trinajstić information content (AvgIpc) is 2.33. The maximum absolute atomic E-state index is 7.00. The van der Waals surface area contributed by atoms with Crippen molar-refractivity contribution in [3.8, 4) is 5.75 Å². The van der Waals surface area contributed by atoms with Crippen LogP contribution in [-0.2, 0) is 0 Å². The smallest absolute Gasteiger partial charge is 0.126 e. The second-order valence-electron chi connectivity index (χ2n) is 2.90. The maximum Gasteiger partial charge on any atom is 0.126 e. The molecule has 0 bridgehead atoms. The zero-order valence-corrected chi connectivity index (χ0v) is 8.90. The lowest BCUT2D eigenvalue weighted by molar-refractivity contribution is 0.399. The van der Waals surface area contributed by atoms with E-state index < -0.39 is 0 Å². The number of fused-ring (bicyclic) bond motifs is 1. The lowest BCUT2D eigenvalue weighted by Gasteiger charge is -2.06.